The highest BCUT2D eigenvalue weighted by Gasteiger charge is 2.45. The highest BCUT2D eigenvalue weighted by atomic mass is 31.2. The molecule has 39 heavy (non-hydrogen) atoms. The predicted octanol–water partition coefficient (Wildman–Crippen LogP) is 9.37. The third-order valence-electron chi connectivity index (χ3n) is 7.21. The Bertz CT molecular complexity index is 1290. The van der Waals surface area contributed by atoms with Crippen LogP contribution < -0.4 is 10.6 Å². The number of nitrogens with zero attached hydrogens (tertiary/aromatic N) is 1. The molecule has 4 aromatic rings. The van der Waals surface area contributed by atoms with Crippen LogP contribution in [0.2, 0.25) is 0 Å². The first-order valence-corrected chi connectivity index (χ1v) is 16.1. The van der Waals surface area contributed by atoms with Crippen molar-refractivity contribution >= 4 is 26.8 Å². The van der Waals surface area contributed by atoms with E-state index in [0.717, 1.165) is 37.8 Å². The van der Waals surface area contributed by atoms with Crippen molar-refractivity contribution < 1.29 is 17.6 Å². The number of hydrogen-bond donors (Lipinski definition) is 0. The van der Waals surface area contributed by atoms with Gasteiger partial charge in [-0.05, 0) is 62.7 Å². The van der Waals surface area contributed by atoms with Crippen molar-refractivity contribution in [2.75, 3.05) is 6.54 Å². The maximum absolute atomic E-state index is 15.6. The lowest BCUT2D eigenvalue weighted by atomic mass is 10.0. The van der Waals surface area contributed by atoms with Gasteiger partial charge in [0.15, 0.2) is 0 Å². The molecule has 5 rings (SSSR count). The fourth-order valence-corrected chi connectivity index (χ4v) is 12.9. The third-order valence-corrected chi connectivity index (χ3v) is 13.8. The number of halogens is 4. The predicted molar refractivity (Wildman–Crippen MR) is 155 cm³/mol. The molecular weight excluding hydrogens is 536 g/mol. The topological polar surface area (TPSA) is 3.24 Å². The smallest absolute Gasteiger partial charge is 0.135 e. The van der Waals surface area contributed by atoms with Gasteiger partial charge in [0.05, 0.1) is 0 Å². The van der Waals surface area contributed by atoms with Crippen molar-refractivity contribution in [3.05, 3.63) is 131 Å². The summed E-state index contributed by atoms with van der Waals surface area (Å²) in [7, 11) is -2.74. The Kier molecular flexibility index (Phi) is 9.13. The molecule has 1 nitrogen and oxygen atoms in total. The molecule has 0 bridgehead atoms. The van der Waals surface area contributed by atoms with Gasteiger partial charge in [-0.3, -0.25) is 4.44 Å². The van der Waals surface area contributed by atoms with Crippen LogP contribution in [0.5, 0.6) is 0 Å². The summed E-state index contributed by atoms with van der Waals surface area (Å²) < 4.78 is 61.6. The summed E-state index contributed by atoms with van der Waals surface area (Å²) >= 11 is 0. The zero-order chi connectivity index (χ0) is 27.4. The van der Waals surface area contributed by atoms with E-state index in [9.17, 15) is 8.78 Å². The molecule has 1 heterocycles. The minimum absolute atomic E-state index is 0.195. The van der Waals surface area contributed by atoms with Crippen LogP contribution in [-0.4, -0.2) is 11.0 Å². The second-order valence-corrected chi connectivity index (χ2v) is 14.6. The van der Waals surface area contributed by atoms with Crippen molar-refractivity contribution in [3.63, 3.8) is 0 Å². The van der Waals surface area contributed by atoms with Gasteiger partial charge >= 0.3 is 0 Å². The second-order valence-electron chi connectivity index (χ2n) is 9.76. The van der Waals surface area contributed by atoms with Crippen LogP contribution in [0.25, 0.3) is 0 Å². The summed E-state index contributed by atoms with van der Waals surface area (Å²) in [5.74, 6) is -2.76. The summed E-state index contributed by atoms with van der Waals surface area (Å²) in [4.78, 5) is 0. The number of hydrogen-bond acceptors (Lipinski definition) is 1. The first-order valence-electron chi connectivity index (χ1n) is 13.3. The fraction of sp³-hybridized carbons (Fsp3) is 0.250. The van der Waals surface area contributed by atoms with Crippen molar-refractivity contribution in [2.45, 2.75) is 43.9 Å². The van der Waals surface area contributed by atoms with Gasteiger partial charge in [0.2, 0.25) is 0 Å². The Balaban J connectivity index is 1.72. The quantitative estimate of drug-likeness (QED) is 0.144. The zero-order valence-corrected chi connectivity index (χ0v) is 23.6. The van der Waals surface area contributed by atoms with E-state index in [0.29, 0.717) is 6.54 Å². The Morgan fingerprint density at radius 1 is 0.692 bits per heavy atom. The molecule has 4 aromatic carbocycles. The van der Waals surface area contributed by atoms with E-state index in [4.69, 9.17) is 0 Å². The SMILES string of the molecule is CCCCN(P(c1ccc(F)cc1F)c1ccc(F)cc1F)P1[C@H](c2ccccc2)CC[C@H]1c1ccccc1. The third kappa shape index (κ3) is 6.12. The van der Waals surface area contributed by atoms with E-state index in [2.05, 4.69) is 35.6 Å². The molecule has 0 N–H and O–H groups in total. The zero-order valence-electron chi connectivity index (χ0n) is 21.8. The van der Waals surface area contributed by atoms with Crippen molar-refractivity contribution in [3.8, 4) is 0 Å². The lowest BCUT2D eigenvalue weighted by Gasteiger charge is -2.42. The number of benzene rings is 4. The molecule has 0 saturated carbocycles. The molecule has 0 spiro atoms. The number of rotatable bonds is 9. The molecule has 202 valence electrons. The average molecular weight is 568 g/mol. The van der Waals surface area contributed by atoms with Crippen LogP contribution in [-0.2, 0) is 0 Å². The summed E-state index contributed by atoms with van der Waals surface area (Å²) in [5.41, 5.74) is 2.83. The first-order chi connectivity index (χ1) is 19.0. The van der Waals surface area contributed by atoms with Gasteiger partial charge in [-0.25, -0.2) is 17.6 Å². The molecule has 7 heteroatoms. The summed E-state index contributed by atoms with van der Waals surface area (Å²) in [6.07, 6.45) is 3.66. The normalized spacial score (nSPS) is 17.8. The van der Waals surface area contributed by atoms with Gasteiger partial charge in [0.25, 0.3) is 0 Å². The number of unbranched alkanes of at least 4 members (excludes halogenated alkanes) is 1. The average Bonchev–Trinajstić information content (AvgIpc) is 3.38. The summed E-state index contributed by atoms with van der Waals surface area (Å²) in [6, 6.07) is 27.8. The van der Waals surface area contributed by atoms with Crippen LogP contribution in [0.15, 0.2) is 97.1 Å². The van der Waals surface area contributed by atoms with E-state index in [-0.39, 0.29) is 21.9 Å². The van der Waals surface area contributed by atoms with Gasteiger partial charge in [-0.15, -0.1) is 0 Å². The minimum Gasteiger partial charge on any atom is -0.251 e. The molecule has 1 aliphatic rings. The minimum atomic E-state index is -1.76. The summed E-state index contributed by atoms with van der Waals surface area (Å²) in [6.45, 7) is 2.73. The molecule has 0 aromatic heterocycles. The lowest BCUT2D eigenvalue weighted by molar-refractivity contribution is 0.584. The standard InChI is InChI=1S/C32H31F4NP2/c1-2-3-20-37(39(31-16-14-25(33)21-27(31)35)32-17-15-26(34)22-28(32)36)38-29(23-10-6-4-7-11-23)18-19-30(38)24-12-8-5-9-13-24/h4-17,21-22,29-30H,2-3,18-20H2,1H3/t29-,30-/m0/s1. The largest absolute Gasteiger partial charge is 0.251 e. The van der Waals surface area contributed by atoms with Gasteiger partial charge in [0, 0.05) is 48.7 Å². The molecule has 1 aliphatic heterocycles. The molecule has 2 atom stereocenters. The van der Waals surface area contributed by atoms with Crippen LogP contribution in [0, 0.1) is 23.3 Å². The van der Waals surface area contributed by atoms with E-state index in [1.807, 2.05) is 36.4 Å². The molecule has 1 saturated heterocycles. The second kappa shape index (κ2) is 12.7. The first kappa shape index (κ1) is 28.0. The highest BCUT2D eigenvalue weighted by molar-refractivity contribution is 7.79. The Morgan fingerprint density at radius 2 is 1.15 bits per heavy atom. The van der Waals surface area contributed by atoms with Gasteiger partial charge in [-0.1, -0.05) is 74.0 Å². The maximum Gasteiger partial charge on any atom is 0.135 e. The van der Waals surface area contributed by atoms with Crippen LogP contribution >= 0.6 is 16.1 Å². The van der Waals surface area contributed by atoms with Crippen molar-refractivity contribution in [2.24, 2.45) is 0 Å². The summed E-state index contributed by atoms with van der Waals surface area (Å²) in [5, 5.41) is 0.530. The van der Waals surface area contributed by atoms with Crippen LogP contribution in [0.3, 0.4) is 0 Å². The van der Waals surface area contributed by atoms with E-state index in [1.165, 1.54) is 35.4 Å². The maximum atomic E-state index is 15.6. The van der Waals surface area contributed by atoms with Crippen LogP contribution in [0.4, 0.5) is 17.6 Å². The Morgan fingerprint density at radius 3 is 1.56 bits per heavy atom. The van der Waals surface area contributed by atoms with E-state index >= 15 is 8.78 Å². The van der Waals surface area contributed by atoms with Crippen LogP contribution in [0.1, 0.15) is 55.1 Å². The molecule has 0 amide bonds. The molecule has 0 aliphatic carbocycles. The van der Waals surface area contributed by atoms with Gasteiger partial charge in [-0.2, -0.15) is 0 Å². The van der Waals surface area contributed by atoms with E-state index < -0.39 is 39.4 Å². The highest BCUT2D eigenvalue weighted by Crippen LogP contribution is 2.76. The van der Waals surface area contributed by atoms with E-state index in [1.54, 1.807) is 0 Å². The molecule has 0 radical (unpaired) electrons. The molecule has 1 fully saturated rings. The monoisotopic (exact) mass is 567 g/mol. The van der Waals surface area contributed by atoms with Gasteiger partial charge < -0.3 is 0 Å². The molecular formula is C32H31F4NP2. The van der Waals surface area contributed by atoms with Gasteiger partial charge in [0.1, 0.15) is 23.3 Å². The fourth-order valence-electron chi connectivity index (χ4n) is 5.41. The molecule has 0 unspecified atom stereocenters. The van der Waals surface area contributed by atoms with Crippen molar-refractivity contribution in [1.82, 2.24) is 4.44 Å². The lowest BCUT2D eigenvalue weighted by Crippen LogP contribution is -2.30. The Labute approximate surface area is 230 Å². The van der Waals surface area contributed by atoms with Crippen molar-refractivity contribution in [1.29, 1.82) is 0 Å². The Hall–Kier alpha value is -2.58.